The van der Waals surface area contributed by atoms with E-state index in [1.54, 1.807) is 0 Å². The summed E-state index contributed by atoms with van der Waals surface area (Å²) in [7, 11) is 0. The van der Waals surface area contributed by atoms with Crippen molar-refractivity contribution in [3.8, 4) is 0 Å². The summed E-state index contributed by atoms with van der Waals surface area (Å²) in [5, 5.41) is 17.5. The molecule has 2 aromatic rings. The third-order valence-corrected chi connectivity index (χ3v) is 6.90. The number of nitrogens with one attached hydrogen (secondary N) is 4. The van der Waals surface area contributed by atoms with E-state index in [0.717, 1.165) is 56.1 Å². The highest BCUT2D eigenvalue weighted by molar-refractivity contribution is 8.03. The number of carbonyl (C=O) groups excluding carboxylic acids is 1. The van der Waals surface area contributed by atoms with Gasteiger partial charge in [0, 0.05) is 61.0 Å². The molecule has 2 aliphatic heterocycles. The van der Waals surface area contributed by atoms with E-state index in [1.807, 2.05) is 16.7 Å². The van der Waals surface area contributed by atoms with E-state index < -0.39 is 0 Å². The minimum Gasteiger partial charge on any atom is -0.390 e. The lowest BCUT2D eigenvalue weighted by atomic mass is 10.0. The van der Waals surface area contributed by atoms with Crippen LogP contribution in [0.5, 0.6) is 0 Å². The number of hydrogen-bond acceptors (Lipinski definition) is 7. The molecule has 1 amide bonds. The van der Waals surface area contributed by atoms with Gasteiger partial charge in [0.15, 0.2) is 0 Å². The number of anilines is 2. The molecule has 0 bridgehead atoms. The topological polar surface area (TPSA) is 89.5 Å². The second-order valence-corrected chi connectivity index (χ2v) is 9.48. The van der Waals surface area contributed by atoms with Crippen molar-refractivity contribution in [3.05, 3.63) is 70.3 Å². The fourth-order valence-corrected chi connectivity index (χ4v) is 4.90. The molecule has 0 aromatic heterocycles. The van der Waals surface area contributed by atoms with Crippen LogP contribution in [0.2, 0.25) is 0 Å². The van der Waals surface area contributed by atoms with Gasteiger partial charge in [0.25, 0.3) is 5.91 Å². The monoisotopic (exact) mass is 479 g/mol. The lowest BCUT2D eigenvalue weighted by Gasteiger charge is -2.27. The van der Waals surface area contributed by atoms with Gasteiger partial charge in [0.1, 0.15) is 6.61 Å². The molecule has 2 aromatic carbocycles. The Morgan fingerprint density at radius 1 is 1.18 bits per heavy atom. The number of fused-ring (bicyclic) bond motifs is 1. The van der Waals surface area contributed by atoms with Gasteiger partial charge in [0.2, 0.25) is 0 Å². The number of morpholine rings is 1. The first-order chi connectivity index (χ1) is 16.7. The highest BCUT2D eigenvalue weighted by atomic mass is 32.2. The number of benzene rings is 2. The Kier molecular flexibility index (Phi) is 9.01. The van der Waals surface area contributed by atoms with Crippen molar-refractivity contribution >= 4 is 35.3 Å². The van der Waals surface area contributed by atoms with Gasteiger partial charge in [-0.3, -0.25) is 4.79 Å². The summed E-state index contributed by atoms with van der Waals surface area (Å²) < 4.78 is 5.27. The van der Waals surface area contributed by atoms with E-state index in [4.69, 9.17) is 10.1 Å². The normalized spacial score (nSPS) is 18.6. The molecule has 0 unspecified atom stereocenters. The average Bonchev–Trinajstić information content (AvgIpc) is 2.90. The molecule has 0 radical (unpaired) electrons. The molecule has 4 N–H and O–H groups in total. The molecule has 2 heterocycles. The second kappa shape index (κ2) is 12.6. The Hall–Kier alpha value is -2.81. The third-order valence-electron chi connectivity index (χ3n) is 5.91. The summed E-state index contributed by atoms with van der Waals surface area (Å²) in [6, 6.07) is 14.9. The Bertz CT molecular complexity index is 1010. The molecule has 0 saturated carbocycles. The zero-order valence-corrected chi connectivity index (χ0v) is 20.3. The maximum atomic E-state index is 12.2. The first kappa shape index (κ1) is 24.3. The van der Waals surface area contributed by atoms with E-state index in [2.05, 4.69) is 64.6 Å². The number of nitrogens with zero attached hydrogens (tertiary/aromatic N) is 1. The number of thioether (sulfide) groups is 1. The minimum absolute atomic E-state index is 0.0251. The van der Waals surface area contributed by atoms with Crippen LogP contribution in [0.25, 0.3) is 0 Å². The number of carbonyl (C=O) groups is 1. The SMILES string of the molecule is N=CCCNc1ccc(C/C2=C/NCCc3ccc(N4CCOCC4=O)cc3CNCS2)cc1. The van der Waals surface area contributed by atoms with E-state index in [0.29, 0.717) is 13.2 Å². The van der Waals surface area contributed by atoms with Crippen molar-refractivity contribution in [1.29, 1.82) is 5.41 Å². The summed E-state index contributed by atoms with van der Waals surface area (Å²) in [6.45, 7) is 3.78. The zero-order chi connectivity index (χ0) is 23.6. The van der Waals surface area contributed by atoms with Crippen LogP contribution in [0.3, 0.4) is 0 Å². The van der Waals surface area contributed by atoms with Crippen molar-refractivity contribution in [2.45, 2.75) is 25.8 Å². The lowest BCUT2D eigenvalue weighted by molar-refractivity contribution is -0.125. The van der Waals surface area contributed by atoms with E-state index in [1.165, 1.54) is 27.8 Å². The summed E-state index contributed by atoms with van der Waals surface area (Å²) in [5.41, 5.74) is 5.87. The molecule has 2 aliphatic rings. The maximum absolute atomic E-state index is 12.2. The van der Waals surface area contributed by atoms with Gasteiger partial charge in [-0.1, -0.05) is 18.2 Å². The Labute approximate surface area is 205 Å². The highest BCUT2D eigenvalue weighted by Crippen LogP contribution is 2.24. The van der Waals surface area contributed by atoms with Gasteiger partial charge >= 0.3 is 0 Å². The van der Waals surface area contributed by atoms with Gasteiger partial charge in [0.05, 0.1) is 6.61 Å². The molecule has 4 rings (SSSR count). The van der Waals surface area contributed by atoms with Gasteiger partial charge in [-0.2, -0.15) is 0 Å². The van der Waals surface area contributed by atoms with Crippen LogP contribution in [-0.4, -0.2) is 50.8 Å². The zero-order valence-electron chi connectivity index (χ0n) is 19.4. The Morgan fingerprint density at radius 3 is 2.88 bits per heavy atom. The Morgan fingerprint density at radius 2 is 2.06 bits per heavy atom. The number of amides is 1. The molecule has 0 spiro atoms. The first-order valence-corrected chi connectivity index (χ1v) is 12.8. The van der Waals surface area contributed by atoms with Crippen molar-refractivity contribution in [1.82, 2.24) is 10.6 Å². The molecule has 7 nitrogen and oxygen atoms in total. The molecule has 0 atom stereocenters. The lowest BCUT2D eigenvalue weighted by Crippen LogP contribution is -2.41. The number of ether oxygens (including phenoxy) is 1. The highest BCUT2D eigenvalue weighted by Gasteiger charge is 2.21. The molecule has 1 saturated heterocycles. The van der Waals surface area contributed by atoms with Crippen LogP contribution in [-0.2, 0) is 28.9 Å². The summed E-state index contributed by atoms with van der Waals surface area (Å²) in [5.74, 6) is 0.841. The van der Waals surface area contributed by atoms with Crippen LogP contribution in [0.15, 0.2) is 53.6 Å². The average molecular weight is 480 g/mol. The van der Waals surface area contributed by atoms with Crippen LogP contribution in [0, 0.1) is 5.41 Å². The van der Waals surface area contributed by atoms with Gasteiger partial charge in [-0.05, 0) is 60.0 Å². The van der Waals surface area contributed by atoms with Crippen molar-refractivity contribution in [2.75, 3.05) is 48.9 Å². The van der Waals surface area contributed by atoms with Crippen LogP contribution in [0.4, 0.5) is 11.4 Å². The number of hydrogen-bond donors (Lipinski definition) is 4. The molecule has 34 heavy (non-hydrogen) atoms. The first-order valence-electron chi connectivity index (χ1n) is 11.8. The number of allylic oxidation sites excluding steroid dienone is 1. The van der Waals surface area contributed by atoms with E-state index >= 15 is 0 Å². The van der Waals surface area contributed by atoms with E-state index in [-0.39, 0.29) is 12.5 Å². The largest absolute Gasteiger partial charge is 0.390 e. The van der Waals surface area contributed by atoms with Crippen LogP contribution >= 0.6 is 11.8 Å². The van der Waals surface area contributed by atoms with Crippen molar-refractivity contribution in [2.24, 2.45) is 0 Å². The summed E-state index contributed by atoms with van der Waals surface area (Å²) >= 11 is 1.82. The molecule has 1 fully saturated rings. The molecule has 8 heteroatoms. The predicted molar refractivity (Wildman–Crippen MR) is 141 cm³/mol. The van der Waals surface area contributed by atoms with Gasteiger partial charge in [-0.25, -0.2) is 0 Å². The quantitative estimate of drug-likeness (QED) is 0.359. The second-order valence-electron chi connectivity index (χ2n) is 8.37. The van der Waals surface area contributed by atoms with E-state index in [9.17, 15) is 4.79 Å². The summed E-state index contributed by atoms with van der Waals surface area (Å²) in [6.07, 6.45) is 6.13. The van der Waals surface area contributed by atoms with Gasteiger partial charge < -0.3 is 31.0 Å². The fraction of sp³-hybridized carbons (Fsp3) is 0.385. The molecular weight excluding hydrogens is 446 g/mol. The van der Waals surface area contributed by atoms with Crippen molar-refractivity contribution in [3.63, 3.8) is 0 Å². The van der Waals surface area contributed by atoms with Crippen LogP contribution in [0.1, 0.15) is 23.1 Å². The Balaban J connectivity index is 1.35. The summed E-state index contributed by atoms with van der Waals surface area (Å²) in [4.78, 5) is 15.4. The van der Waals surface area contributed by atoms with Crippen molar-refractivity contribution < 1.29 is 9.53 Å². The standard InChI is InChI=1S/C26H33N5O2S/c27-9-1-10-30-23-5-2-20(3-6-23)14-25-17-28-11-8-21-4-7-24(15-22(21)16-29-19-34-25)31-12-13-33-18-26(31)32/h2-7,9,15,17,27-30H,1,8,10-14,16,18-19H2/b25-17-,27-9?. The predicted octanol–water partition coefficient (Wildman–Crippen LogP) is 3.51. The molecular formula is C26H33N5O2S. The smallest absolute Gasteiger partial charge is 0.253 e. The fourth-order valence-electron chi connectivity index (χ4n) is 4.08. The van der Waals surface area contributed by atoms with Gasteiger partial charge in [-0.15, -0.1) is 11.8 Å². The molecule has 180 valence electrons. The maximum Gasteiger partial charge on any atom is 0.253 e. The molecule has 0 aliphatic carbocycles. The third kappa shape index (κ3) is 6.85. The van der Waals surface area contributed by atoms with Crippen LogP contribution < -0.4 is 20.9 Å². The minimum atomic E-state index is 0.0251. The number of rotatable bonds is 7.